The molecule has 1 fully saturated rings. The minimum Gasteiger partial charge on any atom is -0.465 e. The minimum absolute atomic E-state index is 0.0659. The number of ether oxygens (including phenoxy) is 1. The van der Waals surface area contributed by atoms with Crippen molar-refractivity contribution >= 4 is 28.6 Å². The molecule has 6 heteroatoms. The molecule has 19 heavy (non-hydrogen) atoms. The molecule has 0 spiro atoms. The molecular weight excluding hydrogens is 280 g/mol. The van der Waals surface area contributed by atoms with Crippen molar-refractivity contribution in [1.29, 1.82) is 0 Å². The first-order valence-corrected chi connectivity index (χ1v) is 7.89. The molecule has 1 aliphatic heterocycles. The molecule has 0 aliphatic carbocycles. The van der Waals surface area contributed by atoms with E-state index < -0.39 is 0 Å². The largest absolute Gasteiger partial charge is 0.465 e. The third-order valence-corrected chi connectivity index (χ3v) is 4.75. The zero-order valence-corrected chi connectivity index (χ0v) is 12.2. The first-order chi connectivity index (χ1) is 9.22. The Morgan fingerprint density at radius 2 is 2.42 bits per heavy atom. The van der Waals surface area contributed by atoms with Gasteiger partial charge in [-0.2, -0.15) is 0 Å². The highest BCUT2D eigenvalue weighted by Gasteiger charge is 2.29. The van der Waals surface area contributed by atoms with Gasteiger partial charge in [-0.05, 0) is 23.9 Å². The summed E-state index contributed by atoms with van der Waals surface area (Å²) in [6, 6.07) is 1.95. The number of aromatic nitrogens is 1. The molecule has 2 aromatic rings. The summed E-state index contributed by atoms with van der Waals surface area (Å²) in [6.45, 7) is 3.41. The number of aryl methyl sites for hydroxylation is 1. The van der Waals surface area contributed by atoms with Gasteiger partial charge in [-0.1, -0.05) is 11.3 Å². The smallest absolute Gasteiger partial charge is 0.273 e. The second-order valence-corrected chi connectivity index (χ2v) is 6.33. The van der Waals surface area contributed by atoms with Crippen LogP contribution in [0.4, 0.5) is 0 Å². The van der Waals surface area contributed by atoms with Gasteiger partial charge in [0.05, 0.1) is 11.4 Å². The van der Waals surface area contributed by atoms with Crippen LogP contribution in [0.2, 0.25) is 0 Å². The van der Waals surface area contributed by atoms with Crippen LogP contribution in [-0.4, -0.2) is 35.0 Å². The Hall–Kier alpha value is -1.40. The van der Waals surface area contributed by atoms with Crippen LogP contribution in [0.25, 0.3) is 0 Å². The van der Waals surface area contributed by atoms with Gasteiger partial charge in [0.1, 0.15) is 6.10 Å². The van der Waals surface area contributed by atoms with E-state index in [2.05, 4.69) is 4.98 Å². The number of hydrogen-bond acceptors (Lipinski definition) is 5. The van der Waals surface area contributed by atoms with E-state index in [1.165, 1.54) is 22.7 Å². The van der Waals surface area contributed by atoms with Gasteiger partial charge < -0.3 is 9.64 Å². The van der Waals surface area contributed by atoms with Crippen LogP contribution in [-0.2, 0) is 0 Å². The molecule has 3 heterocycles. The Kier molecular flexibility index (Phi) is 3.52. The number of thiophene rings is 1. The minimum atomic E-state index is 0.0659. The maximum atomic E-state index is 12.3. The number of nitrogens with zero attached hydrogens (tertiary/aromatic N) is 2. The summed E-state index contributed by atoms with van der Waals surface area (Å²) in [5.74, 6) is 0.114. The summed E-state index contributed by atoms with van der Waals surface area (Å²) in [5, 5.41) is 4.58. The SMILES string of the molecule is Cc1csc(C(=O)N2CCC(Oc3nccs3)C2)c1. The molecule has 0 bridgehead atoms. The molecule has 2 aromatic heterocycles. The molecule has 0 aromatic carbocycles. The molecule has 0 radical (unpaired) electrons. The van der Waals surface area contributed by atoms with Crippen molar-refractivity contribution in [2.24, 2.45) is 0 Å². The van der Waals surface area contributed by atoms with E-state index in [4.69, 9.17) is 4.74 Å². The summed E-state index contributed by atoms with van der Waals surface area (Å²) >= 11 is 2.99. The number of thiazole rings is 1. The van der Waals surface area contributed by atoms with E-state index in [9.17, 15) is 4.79 Å². The topological polar surface area (TPSA) is 42.4 Å². The summed E-state index contributed by atoms with van der Waals surface area (Å²) in [5.41, 5.74) is 1.14. The Morgan fingerprint density at radius 1 is 1.53 bits per heavy atom. The summed E-state index contributed by atoms with van der Waals surface area (Å²) in [7, 11) is 0. The number of rotatable bonds is 3. The van der Waals surface area contributed by atoms with Crippen LogP contribution >= 0.6 is 22.7 Å². The van der Waals surface area contributed by atoms with Gasteiger partial charge in [-0.15, -0.1) is 11.3 Å². The predicted octanol–water partition coefficient (Wildman–Crippen LogP) is 2.81. The van der Waals surface area contributed by atoms with E-state index in [0.29, 0.717) is 11.7 Å². The maximum absolute atomic E-state index is 12.3. The van der Waals surface area contributed by atoms with E-state index in [1.54, 1.807) is 6.20 Å². The van der Waals surface area contributed by atoms with Gasteiger partial charge in [-0.3, -0.25) is 4.79 Å². The zero-order chi connectivity index (χ0) is 13.2. The highest BCUT2D eigenvalue weighted by Crippen LogP contribution is 2.23. The number of carbonyl (C=O) groups excluding carboxylic acids is 1. The lowest BCUT2D eigenvalue weighted by Crippen LogP contribution is -2.30. The molecule has 0 saturated carbocycles. The van der Waals surface area contributed by atoms with E-state index in [-0.39, 0.29) is 12.0 Å². The van der Waals surface area contributed by atoms with Crippen molar-refractivity contribution in [1.82, 2.24) is 9.88 Å². The average Bonchev–Trinajstić information content (AvgIpc) is 3.10. The standard InChI is InChI=1S/C13H14N2O2S2/c1-9-6-11(19-8-9)12(16)15-4-2-10(7-15)17-13-14-3-5-18-13/h3,5-6,8,10H,2,4,7H2,1H3. The Balaban J connectivity index is 1.61. The van der Waals surface area contributed by atoms with Crippen LogP contribution in [0.3, 0.4) is 0 Å². The van der Waals surface area contributed by atoms with Gasteiger partial charge in [0.2, 0.25) is 0 Å². The number of amides is 1. The van der Waals surface area contributed by atoms with Crippen molar-refractivity contribution in [2.75, 3.05) is 13.1 Å². The average molecular weight is 294 g/mol. The predicted molar refractivity (Wildman–Crippen MR) is 76.1 cm³/mol. The molecule has 1 aliphatic rings. The molecule has 3 rings (SSSR count). The summed E-state index contributed by atoms with van der Waals surface area (Å²) in [4.78, 5) is 19.1. The zero-order valence-electron chi connectivity index (χ0n) is 10.5. The van der Waals surface area contributed by atoms with Gasteiger partial charge in [0.25, 0.3) is 11.1 Å². The molecule has 1 saturated heterocycles. The third kappa shape index (κ3) is 2.79. The maximum Gasteiger partial charge on any atom is 0.273 e. The monoisotopic (exact) mass is 294 g/mol. The Bertz CT molecular complexity index is 565. The fourth-order valence-electron chi connectivity index (χ4n) is 2.12. The lowest BCUT2D eigenvalue weighted by Gasteiger charge is -2.15. The molecule has 1 unspecified atom stereocenters. The highest BCUT2D eigenvalue weighted by molar-refractivity contribution is 7.12. The molecular formula is C13H14N2O2S2. The lowest BCUT2D eigenvalue weighted by atomic mass is 10.3. The number of carbonyl (C=O) groups is 1. The fraction of sp³-hybridized carbons (Fsp3) is 0.385. The quantitative estimate of drug-likeness (QED) is 0.874. The highest BCUT2D eigenvalue weighted by atomic mass is 32.1. The van der Waals surface area contributed by atoms with Crippen LogP contribution in [0.15, 0.2) is 23.0 Å². The third-order valence-electron chi connectivity index (χ3n) is 3.05. The van der Waals surface area contributed by atoms with Gasteiger partial charge in [0, 0.05) is 24.5 Å². The second-order valence-electron chi connectivity index (χ2n) is 4.57. The first-order valence-electron chi connectivity index (χ1n) is 6.13. The molecule has 100 valence electrons. The summed E-state index contributed by atoms with van der Waals surface area (Å²) < 4.78 is 5.75. The lowest BCUT2D eigenvalue weighted by molar-refractivity contribution is 0.0777. The van der Waals surface area contributed by atoms with E-state index in [1.807, 2.05) is 28.7 Å². The van der Waals surface area contributed by atoms with Crippen molar-refractivity contribution in [2.45, 2.75) is 19.4 Å². The van der Waals surface area contributed by atoms with Crippen molar-refractivity contribution < 1.29 is 9.53 Å². The normalized spacial score (nSPS) is 18.8. The Labute approximate surface area is 119 Å². The van der Waals surface area contributed by atoms with Gasteiger partial charge in [-0.25, -0.2) is 4.98 Å². The van der Waals surface area contributed by atoms with Crippen molar-refractivity contribution in [3.05, 3.63) is 33.5 Å². The van der Waals surface area contributed by atoms with Crippen LogP contribution < -0.4 is 4.74 Å². The van der Waals surface area contributed by atoms with Crippen molar-refractivity contribution in [3.63, 3.8) is 0 Å². The van der Waals surface area contributed by atoms with Crippen LogP contribution in [0.5, 0.6) is 5.19 Å². The fourth-order valence-corrected chi connectivity index (χ4v) is 3.54. The molecule has 0 N–H and O–H groups in total. The van der Waals surface area contributed by atoms with Crippen LogP contribution in [0.1, 0.15) is 21.7 Å². The van der Waals surface area contributed by atoms with Gasteiger partial charge in [0.15, 0.2) is 0 Å². The van der Waals surface area contributed by atoms with Crippen molar-refractivity contribution in [3.8, 4) is 5.19 Å². The van der Waals surface area contributed by atoms with E-state index in [0.717, 1.165) is 23.4 Å². The van der Waals surface area contributed by atoms with Gasteiger partial charge >= 0.3 is 0 Å². The molecule has 1 atom stereocenters. The van der Waals surface area contributed by atoms with E-state index >= 15 is 0 Å². The number of likely N-dealkylation sites (tertiary alicyclic amines) is 1. The molecule has 1 amide bonds. The first kappa shape index (κ1) is 12.6. The molecule has 4 nitrogen and oxygen atoms in total. The number of hydrogen-bond donors (Lipinski definition) is 0. The summed E-state index contributed by atoms with van der Waals surface area (Å²) in [6.07, 6.45) is 2.67. The van der Waals surface area contributed by atoms with Crippen LogP contribution in [0, 0.1) is 6.92 Å². The Morgan fingerprint density at radius 3 is 3.11 bits per heavy atom. The second kappa shape index (κ2) is 5.30.